The second-order valence-electron chi connectivity index (χ2n) is 6.34. The summed E-state index contributed by atoms with van der Waals surface area (Å²) >= 11 is 0. The van der Waals surface area contributed by atoms with Gasteiger partial charge in [-0.2, -0.15) is 5.26 Å². The molecule has 30 heavy (non-hydrogen) atoms. The van der Waals surface area contributed by atoms with Gasteiger partial charge < -0.3 is 15.8 Å². The summed E-state index contributed by atoms with van der Waals surface area (Å²) in [6.45, 7) is 0. The maximum absolute atomic E-state index is 14.6. The molecule has 1 aromatic heterocycles. The molecule has 3 N–H and O–H groups in total. The summed E-state index contributed by atoms with van der Waals surface area (Å²) < 4.78 is 45.8. The minimum atomic E-state index is -2.92. The maximum atomic E-state index is 14.6. The number of carbonyl (C=O) groups excluding carboxylic acids is 1. The Hall–Kier alpha value is -4.05. The van der Waals surface area contributed by atoms with E-state index in [0.717, 1.165) is 6.07 Å². The molecule has 0 bridgehead atoms. The number of halogens is 3. The first-order valence-corrected chi connectivity index (χ1v) is 8.53. The van der Waals surface area contributed by atoms with E-state index >= 15 is 0 Å². The van der Waals surface area contributed by atoms with Crippen molar-refractivity contribution in [1.29, 1.82) is 5.26 Å². The third-order valence-corrected chi connectivity index (χ3v) is 4.38. The van der Waals surface area contributed by atoms with E-state index in [1.807, 2.05) is 6.07 Å². The topological polar surface area (TPSA) is 113 Å². The van der Waals surface area contributed by atoms with Crippen molar-refractivity contribution in [2.75, 3.05) is 5.32 Å². The van der Waals surface area contributed by atoms with Crippen molar-refractivity contribution in [3.05, 3.63) is 59.2 Å². The van der Waals surface area contributed by atoms with Gasteiger partial charge in [-0.05, 0) is 30.3 Å². The van der Waals surface area contributed by atoms with Gasteiger partial charge in [0.25, 0.3) is 18.4 Å². The number of hydrogen-bond donors (Lipinski definition) is 2. The molecular weight excluding hydrogens is 399 g/mol. The van der Waals surface area contributed by atoms with Crippen LogP contribution in [0.4, 0.5) is 18.9 Å². The van der Waals surface area contributed by atoms with Gasteiger partial charge in [-0.15, -0.1) is 6.42 Å². The molecule has 0 fully saturated rings. The Morgan fingerprint density at radius 2 is 2.17 bits per heavy atom. The first-order chi connectivity index (χ1) is 14.3. The number of nitriles is 1. The minimum absolute atomic E-state index is 0.0117. The largest absolute Gasteiger partial charge is 0.456 e. The summed E-state index contributed by atoms with van der Waals surface area (Å²) in [4.78, 5) is 20.1. The van der Waals surface area contributed by atoms with Crippen molar-refractivity contribution >= 4 is 17.6 Å². The van der Waals surface area contributed by atoms with Gasteiger partial charge in [0.1, 0.15) is 17.6 Å². The molecule has 1 aliphatic heterocycles. The van der Waals surface area contributed by atoms with E-state index in [-0.39, 0.29) is 22.5 Å². The fourth-order valence-electron chi connectivity index (χ4n) is 2.94. The van der Waals surface area contributed by atoms with E-state index < -0.39 is 42.2 Å². The zero-order valence-electron chi connectivity index (χ0n) is 15.3. The number of nitrogens with zero attached hydrogens (tertiary/aromatic N) is 3. The molecule has 7 nitrogen and oxygen atoms in total. The van der Waals surface area contributed by atoms with E-state index in [2.05, 4.69) is 21.2 Å². The number of hydrogen-bond acceptors (Lipinski definition) is 6. The van der Waals surface area contributed by atoms with Gasteiger partial charge in [0.2, 0.25) is 0 Å². The smallest absolute Gasteiger partial charge is 0.284 e. The first kappa shape index (κ1) is 20.7. The van der Waals surface area contributed by atoms with Crippen LogP contribution in [-0.4, -0.2) is 29.4 Å². The highest BCUT2D eigenvalue weighted by molar-refractivity contribution is 6.02. The lowest BCUT2D eigenvalue weighted by Gasteiger charge is -2.34. The summed E-state index contributed by atoms with van der Waals surface area (Å²) in [5, 5.41) is 11.3. The highest BCUT2D eigenvalue weighted by Crippen LogP contribution is 2.38. The lowest BCUT2D eigenvalue weighted by molar-refractivity contribution is -0.0187. The number of amidine groups is 1. The molecule has 0 spiro atoms. The van der Waals surface area contributed by atoms with Gasteiger partial charge in [-0.1, -0.05) is 5.92 Å². The molecule has 0 saturated heterocycles. The van der Waals surface area contributed by atoms with Crippen molar-refractivity contribution in [1.82, 2.24) is 4.98 Å². The number of rotatable bonds is 4. The van der Waals surface area contributed by atoms with Crippen molar-refractivity contribution in [2.24, 2.45) is 10.7 Å². The third-order valence-electron chi connectivity index (χ3n) is 4.38. The highest BCUT2D eigenvalue weighted by atomic mass is 19.3. The Balaban J connectivity index is 1.94. The molecule has 2 heterocycles. The lowest BCUT2D eigenvalue weighted by Crippen LogP contribution is -2.43. The summed E-state index contributed by atoms with van der Waals surface area (Å²) in [5.74, 6) is 0.795. The monoisotopic (exact) mass is 413 g/mol. The predicted molar refractivity (Wildman–Crippen MR) is 101 cm³/mol. The summed E-state index contributed by atoms with van der Waals surface area (Å²) in [5.41, 5.74) is 3.86. The Morgan fingerprint density at radius 3 is 2.77 bits per heavy atom. The zero-order valence-corrected chi connectivity index (χ0v) is 15.3. The number of anilines is 1. The summed E-state index contributed by atoms with van der Waals surface area (Å²) in [6, 6.07) is 7.54. The average molecular weight is 413 g/mol. The van der Waals surface area contributed by atoms with Gasteiger partial charge in [-0.25, -0.2) is 23.1 Å². The average Bonchev–Trinajstić information content (AvgIpc) is 2.74. The van der Waals surface area contributed by atoms with E-state index in [1.165, 1.54) is 30.5 Å². The number of terminal acetylenes is 1. The highest BCUT2D eigenvalue weighted by Gasteiger charge is 2.43. The number of nitrogens with one attached hydrogen (secondary N) is 1. The van der Waals surface area contributed by atoms with E-state index in [0.29, 0.717) is 0 Å². The van der Waals surface area contributed by atoms with Crippen LogP contribution < -0.4 is 11.1 Å². The lowest BCUT2D eigenvalue weighted by atomic mass is 9.84. The summed E-state index contributed by atoms with van der Waals surface area (Å²) in [7, 11) is 0. The number of benzene rings is 1. The normalized spacial score (nSPS) is 20.5. The Morgan fingerprint density at radius 1 is 1.40 bits per heavy atom. The van der Waals surface area contributed by atoms with Crippen LogP contribution in [0.25, 0.3) is 0 Å². The van der Waals surface area contributed by atoms with Crippen LogP contribution >= 0.6 is 0 Å². The van der Waals surface area contributed by atoms with E-state index in [9.17, 15) is 18.0 Å². The van der Waals surface area contributed by atoms with Crippen LogP contribution in [0.3, 0.4) is 0 Å². The van der Waals surface area contributed by atoms with Crippen LogP contribution in [-0.2, 0) is 10.3 Å². The standard InChI is InChI=1S/C20H14F3N5O2/c1-2-20(8-16(17(22)23)30-19(25)28-20)13-7-12(4-5-14(13)21)27-18(29)15-6-3-11(9-24)10-26-15/h1,3-7,10,16-17H,8H2,(H2,25,28)(H,27,29). The van der Waals surface area contributed by atoms with E-state index in [4.69, 9.17) is 22.2 Å². The molecule has 0 radical (unpaired) electrons. The van der Waals surface area contributed by atoms with Crippen molar-refractivity contribution in [3.63, 3.8) is 0 Å². The molecule has 1 aliphatic rings. The molecule has 152 valence electrons. The van der Waals surface area contributed by atoms with Crippen molar-refractivity contribution in [3.8, 4) is 18.4 Å². The predicted octanol–water partition coefficient (Wildman–Crippen LogP) is 2.54. The Labute approximate surface area is 169 Å². The number of ether oxygens (including phenoxy) is 1. The van der Waals surface area contributed by atoms with Gasteiger partial charge in [-0.3, -0.25) is 4.79 Å². The van der Waals surface area contributed by atoms with Crippen LogP contribution in [0.2, 0.25) is 0 Å². The van der Waals surface area contributed by atoms with Crippen LogP contribution in [0.5, 0.6) is 0 Å². The molecule has 2 atom stereocenters. The van der Waals surface area contributed by atoms with Gasteiger partial charge in [0.15, 0.2) is 11.6 Å². The molecule has 2 aromatic rings. The first-order valence-electron chi connectivity index (χ1n) is 8.53. The molecular formula is C20H14F3N5O2. The molecule has 1 amide bonds. The molecule has 2 unspecified atom stereocenters. The SMILES string of the molecule is C#CC1(c2cc(NC(=O)c3ccc(C#N)cn3)ccc2F)CC(C(F)F)OC(N)=N1. The third kappa shape index (κ3) is 4.03. The second kappa shape index (κ2) is 8.13. The maximum Gasteiger partial charge on any atom is 0.284 e. The number of aliphatic imine (C=N–C) groups is 1. The molecule has 1 aromatic carbocycles. The number of pyridine rings is 1. The van der Waals surface area contributed by atoms with Crippen LogP contribution in [0, 0.1) is 29.5 Å². The summed E-state index contributed by atoms with van der Waals surface area (Å²) in [6.07, 6.45) is 1.66. The van der Waals surface area contributed by atoms with E-state index in [1.54, 1.807) is 0 Å². The van der Waals surface area contributed by atoms with Crippen LogP contribution in [0.15, 0.2) is 41.5 Å². The molecule has 0 saturated carbocycles. The molecule has 10 heteroatoms. The number of alkyl halides is 2. The zero-order chi connectivity index (χ0) is 21.9. The van der Waals surface area contributed by atoms with Gasteiger partial charge >= 0.3 is 0 Å². The quantitative estimate of drug-likeness (QED) is 0.748. The van der Waals surface area contributed by atoms with Crippen molar-refractivity contribution < 1.29 is 22.7 Å². The Kier molecular flexibility index (Phi) is 5.61. The fourth-order valence-corrected chi connectivity index (χ4v) is 2.94. The molecule has 3 rings (SSSR count). The molecule has 0 aliphatic carbocycles. The number of aromatic nitrogens is 1. The number of amides is 1. The van der Waals surface area contributed by atoms with Gasteiger partial charge in [0.05, 0.1) is 5.56 Å². The number of carbonyl (C=O) groups is 1. The van der Waals surface area contributed by atoms with Crippen molar-refractivity contribution in [2.45, 2.75) is 24.5 Å². The Bertz CT molecular complexity index is 1090. The fraction of sp³-hybridized carbons (Fsp3) is 0.200. The van der Waals surface area contributed by atoms with Gasteiger partial charge in [0, 0.05) is 23.9 Å². The second-order valence-corrected chi connectivity index (χ2v) is 6.34. The van der Waals surface area contributed by atoms with Crippen LogP contribution in [0.1, 0.15) is 28.0 Å². The minimum Gasteiger partial charge on any atom is -0.456 e. The number of nitrogens with two attached hydrogens (primary N) is 1.